The zero-order valence-corrected chi connectivity index (χ0v) is 90.7. The summed E-state index contributed by atoms with van der Waals surface area (Å²) in [5.41, 5.74) is 25.4. The molecule has 2 aliphatic rings. The van der Waals surface area contributed by atoms with Crippen LogP contribution in [0.3, 0.4) is 0 Å². The first-order valence-electron chi connectivity index (χ1n) is 50.9. The minimum Gasteiger partial charge on any atom is -0.508 e. The summed E-state index contributed by atoms with van der Waals surface area (Å²) in [6.45, 7) is 53.5. The molecule has 0 aliphatic heterocycles. The summed E-state index contributed by atoms with van der Waals surface area (Å²) >= 11 is 0. The number of hydrogen-bond acceptors (Lipinski definition) is 9. The fourth-order valence-electron chi connectivity index (χ4n) is 14.9. The number of phenols is 9. The summed E-state index contributed by atoms with van der Waals surface area (Å²) in [4.78, 5) is 0. The Morgan fingerprint density at radius 3 is 0.520 bits per heavy atom. The van der Waals surface area contributed by atoms with E-state index in [1.807, 2.05) is 140 Å². The lowest BCUT2D eigenvalue weighted by atomic mass is 9.84. The van der Waals surface area contributed by atoms with Gasteiger partial charge in [0.1, 0.15) is 51.7 Å². The maximum atomic E-state index is 9.16. The van der Waals surface area contributed by atoms with Gasteiger partial charge in [0.05, 0.1) is 0 Å². The molecular formula is C139H190O9. The molecule has 17 rings (SSSR count). The van der Waals surface area contributed by atoms with Crippen molar-refractivity contribution in [3.8, 4) is 74.0 Å². The second kappa shape index (κ2) is 68.9. The van der Waals surface area contributed by atoms with E-state index in [4.69, 9.17) is 46.0 Å². The van der Waals surface area contributed by atoms with Crippen molar-refractivity contribution in [3.63, 3.8) is 0 Å². The van der Waals surface area contributed by atoms with Crippen molar-refractivity contribution in [2.24, 2.45) is 0 Å². The van der Waals surface area contributed by atoms with Crippen molar-refractivity contribution in [2.75, 3.05) is 0 Å². The number of aromatic hydroxyl groups is 9. The largest absolute Gasteiger partial charge is 0.508 e. The van der Waals surface area contributed by atoms with Crippen molar-refractivity contribution < 1.29 is 46.0 Å². The molecule has 0 atom stereocenters. The van der Waals surface area contributed by atoms with Crippen molar-refractivity contribution in [3.05, 3.63) is 460 Å². The second-order valence-electron chi connectivity index (χ2n) is 43.1. The van der Waals surface area contributed by atoms with Gasteiger partial charge in [-0.2, -0.15) is 0 Å². The van der Waals surface area contributed by atoms with Gasteiger partial charge in [0.25, 0.3) is 0 Å². The van der Waals surface area contributed by atoms with E-state index < -0.39 is 0 Å². The fraction of sp³-hybridized carbons (Fsp3) is 0.353. The predicted molar refractivity (Wildman–Crippen MR) is 645 cm³/mol. The van der Waals surface area contributed by atoms with Crippen LogP contribution in [-0.4, -0.2) is 46.0 Å². The molecule has 0 amide bonds. The maximum absolute atomic E-state index is 9.16. The SMILES string of the molecule is C.C.C.C.C.CC(C)(C)c1ccc(O)cc1.CC(C)(C)c1ccc(O)cc1.CC(C)(C)c1ccc(O)cc1.CC(C)(C)c1ccc(O)cc1.CC(C)(C)c1ccc(O)cc1.CC(C)c1ccc(O)cc1.Cc1ccc(-c2ccccc2)cc1.Cc1ccc(C(C)C)cc1.Cc1ccc(C)cc1.Cc1ccc(C2CCCCC2)cc1.Cc1ccc(O)cc1.Oc1ccc(-c2ccccc2)cc1.Oc1ccc(C2CCCCC2)cc1. The van der Waals surface area contributed by atoms with Crippen LogP contribution in [-0.2, 0) is 27.1 Å². The third-order valence-corrected chi connectivity index (χ3v) is 24.5. The Hall–Kier alpha value is -13.5. The van der Waals surface area contributed by atoms with Crippen LogP contribution in [0.5, 0.6) is 51.7 Å². The number of benzene rings is 15. The third-order valence-electron chi connectivity index (χ3n) is 24.5. The van der Waals surface area contributed by atoms with Gasteiger partial charge in [-0.3, -0.25) is 0 Å². The average molecular weight is 2010 g/mol. The molecule has 0 radical (unpaired) electrons. The minimum absolute atomic E-state index is 0. The molecule has 2 saturated carbocycles. The molecule has 2 fully saturated rings. The van der Waals surface area contributed by atoms with Crippen LogP contribution in [0.2, 0.25) is 0 Å². The lowest BCUT2D eigenvalue weighted by Crippen LogP contribution is -2.10. The van der Waals surface area contributed by atoms with Crippen molar-refractivity contribution >= 4 is 0 Å². The lowest BCUT2D eigenvalue weighted by molar-refractivity contribution is 0.442. The normalized spacial score (nSPS) is 11.7. The Morgan fingerprint density at radius 1 is 0.176 bits per heavy atom. The van der Waals surface area contributed by atoms with E-state index >= 15 is 0 Å². The number of rotatable bonds is 6. The van der Waals surface area contributed by atoms with Crippen LogP contribution < -0.4 is 0 Å². The van der Waals surface area contributed by atoms with Crippen molar-refractivity contribution in [2.45, 2.75) is 325 Å². The van der Waals surface area contributed by atoms with Gasteiger partial charge in [-0.05, 0) is 299 Å². The first-order chi connectivity index (χ1) is 67.4. The Labute approximate surface area is 898 Å². The van der Waals surface area contributed by atoms with E-state index in [9.17, 15) is 0 Å². The summed E-state index contributed by atoms with van der Waals surface area (Å²) in [6, 6.07) is 122. The average Bonchev–Trinajstić information content (AvgIpc) is 0.872. The molecule has 0 spiro atoms. The Balaban J connectivity index is 0.00000158. The summed E-state index contributed by atoms with van der Waals surface area (Å²) < 4.78 is 0. The fourth-order valence-corrected chi connectivity index (χ4v) is 14.9. The number of phenolic OH excluding ortho intramolecular Hbond substituents is 9. The van der Waals surface area contributed by atoms with Crippen molar-refractivity contribution in [1.82, 2.24) is 0 Å². The van der Waals surface area contributed by atoms with Crippen LogP contribution in [0.25, 0.3) is 22.3 Å². The summed E-state index contributed by atoms with van der Waals surface area (Å²) in [7, 11) is 0. The molecule has 9 nitrogen and oxygen atoms in total. The first-order valence-corrected chi connectivity index (χ1v) is 50.9. The number of hydrogen-bond donors (Lipinski definition) is 9. The van der Waals surface area contributed by atoms with E-state index in [2.05, 4.69) is 300 Å². The highest BCUT2D eigenvalue weighted by atomic mass is 16.3. The van der Waals surface area contributed by atoms with E-state index in [0.717, 1.165) is 17.4 Å². The van der Waals surface area contributed by atoms with E-state index in [-0.39, 0.29) is 64.2 Å². The van der Waals surface area contributed by atoms with Gasteiger partial charge in [-0.1, -0.05) is 508 Å². The van der Waals surface area contributed by atoms with E-state index in [1.54, 1.807) is 115 Å². The highest BCUT2D eigenvalue weighted by Crippen LogP contribution is 2.36. The molecule has 0 unspecified atom stereocenters. The molecule has 800 valence electrons. The lowest BCUT2D eigenvalue weighted by Gasteiger charge is -2.21. The molecule has 0 saturated heterocycles. The molecule has 9 N–H and O–H groups in total. The van der Waals surface area contributed by atoms with Gasteiger partial charge in [0, 0.05) is 0 Å². The van der Waals surface area contributed by atoms with Gasteiger partial charge < -0.3 is 46.0 Å². The molecule has 2 aliphatic carbocycles. The highest BCUT2D eigenvalue weighted by Gasteiger charge is 2.20. The molecular weight excluding hydrogens is 1810 g/mol. The predicted octanol–water partition coefficient (Wildman–Crippen LogP) is 40.5. The minimum atomic E-state index is 0. The highest BCUT2D eigenvalue weighted by molar-refractivity contribution is 5.64. The Morgan fingerprint density at radius 2 is 0.318 bits per heavy atom. The summed E-state index contributed by atoms with van der Waals surface area (Å²) in [6.07, 6.45) is 13.9. The quantitative estimate of drug-likeness (QED) is 0.0783. The molecule has 0 heterocycles. The smallest absolute Gasteiger partial charge is 0.115 e. The zero-order valence-electron chi connectivity index (χ0n) is 90.7. The van der Waals surface area contributed by atoms with Crippen LogP contribution in [0.15, 0.2) is 376 Å². The van der Waals surface area contributed by atoms with E-state index in [1.165, 1.54) is 159 Å². The molecule has 15 aromatic rings. The van der Waals surface area contributed by atoms with Crippen LogP contribution >= 0.6 is 0 Å². The molecule has 0 aromatic heterocycles. The van der Waals surface area contributed by atoms with Crippen LogP contribution in [0, 0.1) is 41.5 Å². The topological polar surface area (TPSA) is 182 Å². The Bertz CT molecular complexity index is 5250. The standard InChI is InChI=1S/C13H18.C13H12.C12H16O.C12H10O.5C10H14O.C10H14.C9H12O.C8H10.C7H8O.5CH4/c2*1-11-7-9-13(10-8-11)12-5-3-2-4-6-12;2*13-12-8-6-11(7-9-12)10-4-2-1-3-5-10;5*1-10(2,3)8-4-6-9(11)7-5-8;1-8(2)10-6-4-9(3)5-7-10;1-7(2)8-3-5-9(10)6-4-8;1-7-3-5-8(2)6-4-7;1-6-2-4-7(8)5-3-6;;;;;/h7-10,12H,2-6H2,1H3;2-10H,1H3;6-10,13H,1-5H2;1-9,13H;5*4-7,11H,1-3H3;4-8H,1-3H3;3-7,10H,1-2H3;3-6H,1-2H3;2-5,8H,1H3;5*1H4. The second-order valence-corrected chi connectivity index (χ2v) is 43.1. The number of aryl methyl sites for hydroxylation is 6. The summed E-state index contributed by atoms with van der Waals surface area (Å²) in [5.74, 6) is 5.80. The van der Waals surface area contributed by atoms with Crippen LogP contribution in [0.4, 0.5) is 0 Å². The maximum Gasteiger partial charge on any atom is 0.115 e. The zero-order chi connectivity index (χ0) is 106. The van der Waals surface area contributed by atoms with Crippen LogP contribution in [0.1, 0.15) is 340 Å². The van der Waals surface area contributed by atoms with Gasteiger partial charge >= 0.3 is 0 Å². The third kappa shape index (κ3) is 55.9. The monoisotopic (exact) mass is 2000 g/mol. The molecule has 9 heteroatoms. The van der Waals surface area contributed by atoms with Gasteiger partial charge in [-0.25, -0.2) is 0 Å². The Kier molecular flexibility index (Phi) is 62.6. The van der Waals surface area contributed by atoms with Crippen molar-refractivity contribution in [1.29, 1.82) is 0 Å². The molecule has 148 heavy (non-hydrogen) atoms. The first kappa shape index (κ1) is 134. The van der Waals surface area contributed by atoms with Gasteiger partial charge in [0.15, 0.2) is 0 Å². The van der Waals surface area contributed by atoms with E-state index in [0.29, 0.717) is 63.6 Å². The van der Waals surface area contributed by atoms with Gasteiger partial charge in [-0.15, -0.1) is 0 Å². The molecule has 0 bridgehead atoms. The van der Waals surface area contributed by atoms with Gasteiger partial charge in [0.2, 0.25) is 0 Å². The molecule has 15 aromatic carbocycles. The summed E-state index contributed by atoms with van der Waals surface area (Å²) in [5, 5.41) is 81.1.